The van der Waals surface area contributed by atoms with E-state index in [9.17, 15) is 9.18 Å². The molecule has 6 heteroatoms. The number of rotatable bonds is 1. The molecule has 2 heterocycles. The number of aromatic nitrogens is 1. The summed E-state index contributed by atoms with van der Waals surface area (Å²) in [6.45, 7) is -0.0614. The van der Waals surface area contributed by atoms with Crippen LogP contribution in [0.4, 0.5) is 10.1 Å². The van der Waals surface area contributed by atoms with Gasteiger partial charge in [0.25, 0.3) is 0 Å². The maximum atomic E-state index is 14.1. The molecule has 1 aliphatic rings. The lowest BCUT2D eigenvalue weighted by Gasteiger charge is -2.17. The second kappa shape index (κ2) is 5.26. The Hall–Kier alpha value is -2.27. The normalized spacial score (nSPS) is 14.5. The van der Waals surface area contributed by atoms with Crippen molar-refractivity contribution >= 4 is 28.9 Å². The molecule has 0 bridgehead atoms. The van der Waals surface area contributed by atoms with Gasteiger partial charge < -0.3 is 4.90 Å². The van der Waals surface area contributed by atoms with Crippen LogP contribution in [-0.2, 0) is 4.79 Å². The van der Waals surface area contributed by atoms with Gasteiger partial charge in [-0.25, -0.2) is 9.37 Å². The van der Waals surface area contributed by atoms with E-state index in [0.29, 0.717) is 22.7 Å². The van der Waals surface area contributed by atoms with E-state index in [1.165, 1.54) is 11.0 Å². The van der Waals surface area contributed by atoms with E-state index in [4.69, 9.17) is 11.6 Å². The monoisotopic (exact) mass is 303 g/mol. The predicted octanol–water partition coefficient (Wildman–Crippen LogP) is 2.69. The first-order chi connectivity index (χ1) is 10.1. The molecular formula is C15H11ClFN3O. The van der Waals surface area contributed by atoms with Crippen LogP contribution < -0.4 is 4.90 Å². The van der Waals surface area contributed by atoms with Crippen LogP contribution in [0.3, 0.4) is 0 Å². The first-order valence-corrected chi connectivity index (χ1v) is 6.68. The molecule has 0 radical (unpaired) electrons. The first kappa shape index (κ1) is 13.7. The molecule has 0 atom stereocenters. The molecule has 0 spiro atoms. The van der Waals surface area contributed by atoms with Crippen molar-refractivity contribution < 1.29 is 9.18 Å². The molecule has 1 aromatic carbocycles. The van der Waals surface area contributed by atoms with Gasteiger partial charge >= 0.3 is 0 Å². The maximum absolute atomic E-state index is 14.1. The van der Waals surface area contributed by atoms with Crippen molar-refractivity contribution in [2.45, 2.75) is 0 Å². The van der Waals surface area contributed by atoms with Crippen LogP contribution in [0.1, 0.15) is 11.3 Å². The van der Waals surface area contributed by atoms with Gasteiger partial charge in [0.1, 0.15) is 23.2 Å². The van der Waals surface area contributed by atoms with E-state index < -0.39 is 5.82 Å². The molecule has 4 nitrogen and oxygen atoms in total. The molecular weight excluding hydrogens is 293 g/mol. The molecule has 1 amide bonds. The van der Waals surface area contributed by atoms with Gasteiger partial charge in [0, 0.05) is 12.6 Å². The number of fused-ring (bicyclic) bond motifs is 1. The molecule has 1 aromatic heterocycles. The summed E-state index contributed by atoms with van der Waals surface area (Å²) in [6.07, 6.45) is 0. The fourth-order valence-electron chi connectivity index (χ4n) is 2.20. The summed E-state index contributed by atoms with van der Waals surface area (Å²) in [7, 11) is 1.64. The Morgan fingerprint density at radius 3 is 2.76 bits per heavy atom. The second-order valence-corrected chi connectivity index (χ2v) is 4.99. The summed E-state index contributed by atoms with van der Waals surface area (Å²) < 4.78 is 14.1. The van der Waals surface area contributed by atoms with E-state index in [-0.39, 0.29) is 17.6 Å². The number of hydrogen-bond donors (Lipinski definition) is 0. The van der Waals surface area contributed by atoms with E-state index in [2.05, 4.69) is 9.98 Å². The van der Waals surface area contributed by atoms with Crippen molar-refractivity contribution in [3.63, 3.8) is 0 Å². The van der Waals surface area contributed by atoms with Crippen LogP contribution in [0.15, 0.2) is 41.4 Å². The van der Waals surface area contributed by atoms with Crippen LogP contribution in [0.25, 0.3) is 0 Å². The highest BCUT2D eigenvalue weighted by Gasteiger charge is 2.25. The molecule has 0 aliphatic carbocycles. The van der Waals surface area contributed by atoms with Gasteiger partial charge in [-0.15, -0.1) is 0 Å². The third-order valence-corrected chi connectivity index (χ3v) is 3.51. The summed E-state index contributed by atoms with van der Waals surface area (Å²) in [6, 6.07) is 9.54. The van der Waals surface area contributed by atoms with Gasteiger partial charge in [-0.2, -0.15) is 0 Å². The smallest absolute Gasteiger partial charge is 0.248 e. The second-order valence-electron chi connectivity index (χ2n) is 4.60. The third kappa shape index (κ3) is 2.40. The standard InChI is InChI=1S/C15H11ClFN3O/c1-20-11-6-7-12(16)19-15(11)14(18-8-13(20)21)9-4-2-3-5-10(9)17/h2-7H,8H2,1H3. The Balaban J connectivity index is 2.26. The van der Waals surface area contributed by atoms with Crippen molar-refractivity contribution in [1.29, 1.82) is 0 Å². The summed E-state index contributed by atoms with van der Waals surface area (Å²) in [5, 5.41) is 0.264. The highest BCUT2D eigenvalue weighted by atomic mass is 35.5. The average Bonchev–Trinajstić information content (AvgIpc) is 2.59. The van der Waals surface area contributed by atoms with Gasteiger partial charge in [-0.3, -0.25) is 9.79 Å². The van der Waals surface area contributed by atoms with Crippen LogP contribution in [0.5, 0.6) is 0 Å². The minimum Gasteiger partial charge on any atom is -0.312 e. The molecule has 0 unspecified atom stereocenters. The number of benzene rings is 1. The Morgan fingerprint density at radius 1 is 1.24 bits per heavy atom. The number of pyridine rings is 1. The third-order valence-electron chi connectivity index (χ3n) is 3.30. The van der Waals surface area contributed by atoms with Crippen molar-refractivity contribution in [3.05, 3.63) is 58.6 Å². The number of nitrogens with zero attached hydrogens (tertiary/aromatic N) is 3. The first-order valence-electron chi connectivity index (χ1n) is 6.31. The van der Waals surface area contributed by atoms with Gasteiger partial charge in [-0.05, 0) is 24.3 Å². The molecule has 0 saturated heterocycles. The number of anilines is 1. The SMILES string of the molecule is CN1C(=O)CN=C(c2ccccc2F)c2nc(Cl)ccc21. The quantitative estimate of drug-likeness (QED) is 0.760. The van der Waals surface area contributed by atoms with Crippen molar-refractivity contribution in [2.75, 3.05) is 18.5 Å². The molecule has 21 heavy (non-hydrogen) atoms. The average molecular weight is 304 g/mol. The van der Waals surface area contributed by atoms with Crippen LogP contribution in [-0.4, -0.2) is 30.2 Å². The topological polar surface area (TPSA) is 45.6 Å². The number of carbonyl (C=O) groups excluding carboxylic acids is 1. The Morgan fingerprint density at radius 2 is 2.00 bits per heavy atom. The van der Waals surface area contributed by atoms with Crippen molar-refractivity contribution in [2.24, 2.45) is 4.99 Å². The van der Waals surface area contributed by atoms with Crippen molar-refractivity contribution in [1.82, 2.24) is 4.98 Å². The summed E-state index contributed by atoms with van der Waals surface area (Å²) >= 11 is 5.94. The highest BCUT2D eigenvalue weighted by Crippen LogP contribution is 2.26. The number of hydrogen-bond acceptors (Lipinski definition) is 3. The number of amides is 1. The zero-order valence-electron chi connectivity index (χ0n) is 11.2. The van der Waals surface area contributed by atoms with E-state index in [0.717, 1.165) is 0 Å². The van der Waals surface area contributed by atoms with Crippen LogP contribution >= 0.6 is 11.6 Å². The minimum atomic E-state index is -0.416. The fourth-order valence-corrected chi connectivity index (χ4v) is 2.35. The lowest BCUT2D eigenvalue weighted by Crippen LogP contribution is -2.28. The summed E-state index contributed by atoms with van der Waals surface area (Å²) in [4.78, 5) is 21.9. The lowest BCUT2D eigenvalue weighted by molar-refractivity contribution is -0.116. The molecule has 0 N–H and O–H groups in total. The number of carbonyl (C=O) groups is 1. The number of aliphatic imine (C=N–C) groups is 1. The van der Waals surface area contributed by atoms with Gasteiger partial charge in [0.05, 0.1) is 11.4 Å². The molecule has 106 valence electrons. The zero-order valence-corrected chi connectivity index (χ0v) is 11.9. The van der Waals surface area contributed by atoms with Crippen molar-refractivity contribution in [3.8, 4) is 0 Å². The predicted molar refractivity (Wildman–Crippen MR) is 79.6 cm³/mol. The molecule has 0 fully saturated rings. The zero-order chi connectivity index (χ0) is 15.0. The van der Waals surface area contributed by atoms with Crippen LogP contribution in [0.2, 0.25) is 5.15 Å². The summed E-state index contributed by atoms with van der Waals surface area (Å²) in [5.74, 6) is -0.604. The largest absolute Gasteiger partial charge is 0.312 e. The van der Waals surface area contributed by atoms with Gasteiger partial charge in [0.2, 0.25) is 5.91 Å². The lowest BCUT2D eigenvalue weighted by atomic mass is 10.0. The number of halogens is 2. The fraction of sp³-hybridized carbons (Fsp3) is 0.133. The van der Waals surface area contributed by atoms with E-state index >= 15 is 0 Å². The minimum absolute atomic E-state index is 0.0614. The maximum Gasteiger partial charge on any atom is 0.248 e. The Bertz CT molecular complexity index is 760. The Labute approximate surface area is 125 Å². The van der Waals surface area contributed by atoms with E-state index in [1.54, 1.807) is 37.4 Å². The Kier molecular flexibility index (Phi) is 3.43. The van der Waals surface area contributed by atoms with Gasteiger partial charge in [0.15, 0.2) is 0 Å². The van der Waals surface area contributed by atoms with E-state index in [1.807, 2.05) is 0 Å². The van der Waals surface area contributed by atoms with Gasteiger partial charge in [-0.1, -0.05) is 23.7 Å². The molecule has 2 aromatic rings. The molecule has 0 saturated carbocycles. The number of likely N-dealkylation sites (N-methyl/N-ethyl adjacent to an activating group) is 1. The highest BCUT2D eigenvalue weighted by molar-refractivity contribution is 6.30. The summed E-state index contributed by atoms with van der Waals surface area (Å²) in [5.41, 5.74) is 1.60. The molecule has 1 aliphatic heterocycles. The van der Waals surface area contributed by atoms with Crippen LogP contribution in [0, 0.1) is 5.82 Å². The molecule has 3 rings (SSSR count).